The van der Waals surface area contributed by atoms with Gasteiger partial charge >= 0.3 is 5.97 Å². The highest BCUT2D eigenvalue weighted by molar-refractivity contribution is 6.05. The van der Waals surface area contributed by atoms with Crippen LogP contribution in [0.25, 0.3) is 0 Å². The summed E-state index contributed by atoms with van der Waals surface area (Å²) in [7, 11) is 1.51. The Balaban J connectivity index is 2.79. The molecular formula is C25H36O6. The molecule has 1 aliphatic rings. The standard InChI is InChI=1S/C25H36O6/c1-7-8-9-10-17(13-19(26)27)20-23(29)21-22(28)15(4)16(5)31-25(21)18(24(20)30-6)12-11-14(2)3/h11,15-17,29H,7-10,12-13H2,1-6H3,(H,26,27)/t15-,16-,17?/m1/s1. The van der Waals surface area contributed by atoms with Crippen molar-refractivity contribution in [2.75, 3.05) is 7.11 Å². The molecule has 0 fully saturated rings. The van der Waals surface area contributed by atoms with E-state index in [1.165, 1.54) is 7.11 Å². The van der Waals surface area contributed by atoms with Gasteiger partial charge in [-0.25, -0.2) is 0 Å². The number of carboxylic acid groups (broad SMARTS) is 1. The molecule has 2 N–H and O–H groups in total. The Labute approximate surface area is 185 Å². The smallest absolute Gasteiger partial charge is 0.303 e. The number of Topliss-reactive ketones (excluding diaryl/α,β-unsaturated/α-hetero) is 1. The summed E-state index contributed by atoms with van der Waals surface area (Å²) in [6.07, 6.45) is 5.38. The first kappa shape index (κ1) is 24.8. The van der Waals surface area contributed by atoms with Gasteiger partial charge in [-0.05, 0) is 33.6 Å². The van der Waals surface area contributed by atoms with Crippen LogP contribution in [0.2, 0.25) is 0 Å². The van der Waals surface area contributed by atoms with Crippen LogP contribution < -0.4 is 9.47 Å². The fourth-order valence-corrected chi connectivity index (χ4v) is 4.16. The molecule has 0 amide bonds. The molecule has 1 aromatic carbocycles. The quantitative estimate of drug-likeness (QED) is 0.367. The van der Waals surface area contributed by atoms with E-state index in [4.69, 9.17) is 9.47 Å². The molecule has 0 aliphatic carbocycles. The fourth-order valence-electron chi connectivity index (χ4n) is 4.16. The van der Waals surface area contributed by atoms with Crippen molar-refractivity contribution in [3.8, 4) is 17.2 Å². The number of hydrogen-bond acceptors (Lipinski definition) is 5. The lowest BCUT2D eigenvalue weighted by Crippen LogP contribution is -2.34. The maximum Gasteiger partial charge on any atom is 0.303 e. The molecule has 1 aromatic rings. The number of carbonyl (C=O) groups excluding carboxylic acids is 1. The highest BCUT2D eigenvalue weighted by Crippen LogP contribution is 2.51. The number of aliphatic carboxylic acids is 1. The predicted octanol–water partition coefficient (Wildman–Crippen LogP) is 5.65. The first-order chi connectivity index (χ1) is 14.6. The molecule has 1 aliphatic heterocycles. The Bertz CT molecular complexity index is 850. The van der Waals surface area contributed by atoms with Crippen molar-refractivity contribution in [2.45, 2.75) is 85.2 Å². The number of allylic oxidation sites excluding steroid dienone is 2. The van der Waals surface area contributed by atoms with Gasteiger partial charge in [0.15, 0.2) is 5.78 Å². The summed E-state index contributed by atoms with van der Waals surface area (Å²) in [5, 5.41) is 20.8. The van der Waals surface area contributed by atoms with Gasteiger partial charge in [-0.2, -0.15) is 0 Å². The van der Waals surface area contributed by atoms with E-state index in [0.29, 0.717) is 35.5 Å². The molecule has 2 rings (SSSR count). The lowest BCUT2D eigenvalue weighted by molar-refractivity contribution is -0.137. The van der Waals surface area contributed by atoms with Crippen molar-refractivity contribution in [3.63, 3.8) is 0 Å². The molecule has 6 nitrogen and oxygen atoms in total. The number of ether oxygens (including phenoxy) is 2. The zero-order valence-corrected chi connectivity index (χ0v) is 19.6. The highest BCUT2D eigenvalue weighted by Gasteiger charge is 2.39. The molecule has 0 saturated heterocycles. The van der Waals surface area contributed by atoms with Crippen LogP contribution in [0.5, 0.6) is 17.2 Å². The summed E-state index contributed by atoms with van der Waals surface area (Å²) < 4.78 is 11.9. The third-order valence-electron chi connectivity index (χ3n) is 6.08. The molecule has 0 aromatic heterocycles. The van der Waals surface area contributed by atoms with Crippen molar-refractivity contribution >= 4 is 11.8 Å². The number of carbonyl (C=O) groups is 2. The molecule has 0 bridgehead atoms. The Morgan fingerprint density at radius 2 is 1.94 bits per heavy atom. The molecule has 3 atom stereocenters. The first-order valence-electron chi connectivity index (χ1n) is 11.2. The third kappa shape index (κ3) is 5.41. The third-order valence-corrected chi connectivity index (χ3v) is 6.08. The number of unbranched alkanes of at least 4 members (excludes halogenated alkanes) is 2. The van der Waals surface area contributed by atoms with E-state index in [1.54, 1.807) is 6.92 Å². The molecule has 6 heteroatoms. The predicted molar refractivity (Wildman–Crippen MR) is 121 cm³/mol. The monoisotopic (exact) mass is 432 g/mol. The topological polar surface area (TPSA) is 93.1 Å². The second-order valence-corrected chi connectivity index (χ2v) is 8.73. The van der Waals surface area contributed by atoms with Gasteiger partial charge in [-0.15, -0.1) is 0 Å². The van der Waals surface area contributed by atoms with Crippen LogP contribution >= 0.6 is 0 Å². The lowest BCUT2D eigenvalue weighted by atomic mass is 9.81. The summed E-state index contributed by atoms with van der Waals surface area (Å²) in [6, 6.07) is 0. The van der Waals surface area contributed by atoms with Gasteiger partial charge in [0.2, 0.25) is 0 Å². The average molecular weight is 433 g/mol. The number of benzene rings is 1. The van der Waals surface area contributed by atoms with Gasteiger partial charge in [0.25, 0.3) is 0 Å². The Morgan fingerprint density at radius 3 is 2.48 bits per heavy atom. The Hall–Kier alpha value is -2.50. The summed E-state index contributed by atoms with van der Waals surface area (Å²) in [6.45, 7) is 9.67. The first-order valence-corrected chi connectivity index (χ1v) is 11.2. The van der Waals surface area contributed by atoms with Gasteiger partial charge in [-0.1, -0.05) is 44.8 Å². The number of phenols is 1. The van der Waals surface area contributed by atoms with E-state index in [2.05, 4.69) is 6.92 Å². The molecule has 0 spiro atoms. The number of ketones is 1. The van der Waals surface area contributed by atoms with Crippen molar-refractivity contribution in [1.29, 1.82) is 0 Å². The van der Waals surface area contributed by atoms with Crippen molar-refractivity contribution in [1.82, 2.24) is 0 Å². The van der Waals surface area contributed by atoms with E-state index < -0.39 is 17.8 Å². The summed E-state index contributed by atoms with van der Waals surface area (Å²) in [4.78, 5) is 24.8. The minimum atomic E-state index is -0.948. The molecule has 1 heterocycles. The minimum Gasteiger partial charge on any atom is -0.507 e. The van der Waals surface area contributed by atoms with Crippen LogP contribution in [0.3, 0.4) is 0 Å². The number of carboxylic acids is 1. The van der Waals surface area contributed by atoms with Gasteiger partial charge in [0, 0.05) is 17.0 Å². The SMILES string of the molecule is CCCCCC(CC(=O)O)c1c(O)c2c(c(CC=C(C)C)c1OC)O[C@H](C)[C@@H](C)C2=O. The van der Waals surface area contributed by atoms with Crippen LogP contribution in [0.1, 0.15) is 94.1 Å². The molecule has 31 heavy (non-hydrogen) atoms. The van der Waals surface area contributed by atoms with Crippen molar-refractivity contribution in [3.05, 3.63) is 28.3 Å². The maximum atomic E-state index is 13.2. The van der Waals surface area contributed by atoms with Crippen molar-refractivity contribution < 1.29 is 29.3 Å². The van der Waals surface area contributed by atoms with Crippen molar-refractivity contribution in [2.24, 2.45) is 5.92 Å². The van der Waals surface area contributed by atoms with Gasteiger partial charge in [0.05, 0.1) is 19.4 Å². The molecule has 0 saturated carbocycles. The zero-order chi connectivity index (χ0) is 23.3. The molecule has 0 radical (unpaired) electrons. The number of aromatic hydroxyl groups is 1. The van der Waals surface area contributed by atoms with Crippen LogP contribution in [0, 0.1) is 5.92 Å². The van der Waals surface area contributed by atoms with Gasteiger partial charge < -0.3 is 19.7 Å². The molecule has 172 valence electrons. The van der Waals surface area contributed by atoms with Gasteiger partial charge in [0.1, 0.15) is 28.9 Å². The largest absolute Gasteiger partial charge is 0.507 e. The molecular weight excluding hydrogens is 396 g/mol. The molecule has 1 unspecified atom stereocenters. The number of fused-ring (bicyclic) bond motifs is 1. The number of rotatable bonds is 10. The maximum absolute atomic E-state index is 13.2. The minimum absolute atomic E-state index is 0.143. The van der Waals surface area contributed by atoms with Crippen LogP contribution in [0.15, 0.2) is 11.6 Å². The number of phenolic OH excluding ortho intramolecular Hbond substituents is 1. The number of methoxy groups -OCH3 is 1. The van der Waals surface area contributed by atoms with E-state index >= 15 is 0 Å². The Morgan fingerprint density at radius 1 is 1.26 bits per heavy atom. The number of hydrogen-bond donors (Lipinski definition) is 2. The summed E-state index contributed by atoms with van der Waals surface area (Å²) in [5.74, 6) is -1.42. The van der Waals surface area contributed by atoms with Crippen LogP contribution in [-0.4, -0.2) is 35.2 Å². The average Bonchev–Trinajstić information content (AvgIpc) is 2.69. The van der Waals surface area contributed by atoms with E-state index in [0.717, 1.165) is 24.8 Å². The normalized spacial score (nSPS) is 18.7. The lowest BCUT2D eigenvalue weighted by Gasteiger charge is -2.33. The highest BCUT2D eigenvalue weighted by atomic mass is 16.5. The zero-order valence-electron chi connectivity index (χ0n) is 19.6. The van der Waals surface area contributed by atoms with Crippen LogP contribution in [-0.2, 0) is 11.2 Å². The second kappa shape index (κ2) is 10.7. The summed E-state index contributed by atoms with van der Waals surface area (Å²) >= 11 is 0. The fraction of sp³-hybridized carbons (Fsp3) is 0.600. The summed E-state index contributed by atoms with van der Waals surface area (Å²) in [5.41, 5.74) is 2.35. The second-order valence-electron chi connectivity index (χ2n) is 8.73. The van der Waals surface area contributed by atoms with E-state index in [1.807, 2.05) is 26.8 Å². The van der Waals surface area contributed by atoms with Gasteiger partial charge in [-0.3, -0.25) is 9.59 Å². The Kier molecular flexibility index (Phi) is 8.54. The van der Waals surface area contributed by atoms with E-state index in [-0.39, 0.29) is 29.6 Å². The van der Waals surface area contributed by atoms with Crippen LogP contribution in [0.4, 0.5) is 0 Å². The van der Waals surface area contributed by atoms with E-state index in [9.17, 15) is 19.8 Å².